The Kier molecular flexibility index (Phi) is 16.8. The zero-order valence-electron chi connectivity index (χ0n) is 29.8. The van der Waals surface area contributed by atoms with Crippen molar-refractivity contribution in [3.05, 3.63) is 0 Å². The van der Waals surface area contributed by atoms with E-state index in [1.54, 1.807) is 0 Å². The molecule has 0 saturated heterocycles. The third-order valence-corrected chi connectivity index (χ3v) is 31.3. The van der Waals surface area contributed by atoms with Gasteiger partial charge in [0.15, 0.2) is 0 Å². The molecular weight excluding hydrogens is 596 g/mol. The van der Waals surface area contributed by atoms with Crippen LogP contribution in [0.15, 0.2) is 0 Å². The summed E-state index contributed by atoms with van der Waals surface area (Å²) in [7, 11) is -4.60. The Morgan fingerprint density at radius 1 is 0.410 bits per heavy atom. The molecule has 0 aliphatic heterocycles. The van der Waals surface area contributed by atoms with Gasteiger partial charge in [-0.1, -0.05) is 0 Å². The SMILES string of the molecule is CC(C)C[Si](CC(C)C)(CC(C)C)[O][Zr]([O]C(C)(C)C)([O]C(C)(C)C)[O][Si](CC(C)C)(CC(C)C)CC(C)C. The minimum absolute atomic E-state index is 0.414. The average Bonchev–Trinajstić information content (AvgIpc) is 2.52. The molecule has 0 heterocycles. The average molecular weight is 668 g/mol. The first-order chi connectivity index (χ1) is 17.3. The van der Waals surface area contributed by atoms with E-state index in [1.807, 2.05) is 0 Å². The Morgan fingerprint density at radius 3 is 0.718 bits per heavy atom. The molecule has 0 radical (unpaired) electrons. The molecule has 0 spiro atoms. The first-order valence-corrected chi connectivity index (χ1v) is 25.2. The second-order valence-corrected chi connectivity index (χ2v) is 31.1. The molecule has 7 heteroatoms. The van der Waals surface area contributed by atoms with Gasteiger partial charge in [0, 0.05) is 0 Å². The van der Waals surface area contributed by atoms with Gasteiger partial charge in [0.25, 0.3) is 0 Å². The summed E-state index contributed by atoms with van der Waals surface area (Å²) in [5, 5.41) is 0. The summed E-state index contributed by atoms with van der Waals surface area (Å²) in [6.07, 6.45) is 0. The van der Waals surface area contributed by atoms with E-state index in [4.69, 9.17) is 10.6 Å². The van der Waals surface area contributed by atoms with Gasteiger partial charge in [0.1, 0.15) is 0 Å². The van der Waals surface area contributed by atoms with Crippen molar-refractivity contribution in [1.82, 2.24) is 0 Å². The van der Waals surface area contributed by atoms with Crippen LogP contribution < -0.4 is 0 Å². The van der Waals surface area contributed by atoms with Gasteiger partial charge >= 0.3 is 257 Å². The van der Waals surface area contributed by atoms with Crippen molar-refractivity contribution in [1.29, 1.82) is 0 Å². The van der Waals surface area contributed by atoms with Crippen LogP contribution in [0.5, 0.6) is 0 Å². The molecule has 236 valence electrons. The van der Waals surface area contributed by atoms with Crippen molar-refractivity contribution in [3.63, 3.8) is 0 Å². The van der Waals surface area contributed by atoms with E-state index in [-0.39, 0.29) is 0 Å². The maximum absolute atomic E-state index is 7.83. The van der Waals surface area contributed by atoms with Crippen LogP contribution in [0.1, 0.15) is 125 Å². The monoisotopic (exact) mass is 666 g/mol. The molecule has 0 bridgehead atoms. The van der Waals surface area contributed by atoms with Gasteiger partial charge in [-0.05, 0) is 0 Å². The van der Waals surface area contributed by atoms with Crippen molar-refractivity contribution >= 4 is 16.6 Å². The minimum atomic E-state index is -4.69. The molecule has 0 aromatic heterocycles. The molecule has 0 aromatic carbocycles. The van der Waals surface area contributed by atoms with E-state index >= 15 is 0 Å². The molecule has 39 heavy (non-hydrogen) atoms. The summed E-state index contributed by atoms with van der Waals surface area (Å²) in [5.41, 5.74) is -0.828. The van der Waals surface area contributed by atoms with Crippen LogP contribution in [0.2, 0.25) is 36.3 Å². The van der Waals surface area contributed by atoms with E-state index in [2.05, 4.69) is 125 Å². The van der Waals surface area contributed by atoms with E-state index < -0.39 is 49.9 Å². The summed E-state index contributed by atoms with van der Waals surface area (Å²) >= 11 is -4.69. The van der Waals surface area contributed by atoms with Crippen molar-refractivity contribution in [2.75, 3.05) is 0 Å². The first-order valence-electron chi connectivity index (χ1n) is 16.1. The van der Waals surface area contributed by atoms with Crippen LogP contribution in [0.3, 0.4) is 0 Å². The molecule has 0 aromatic rings. The van der Waals surface area contributed by atoms with Crippen molar-refractivity contribution in [2.45, 2.75) is 172 Å². The third-order valence-electron chi connectivity index (χ3n) is 6.23. The van der Waals surface area contributed by atoms with Crippen LogP contribution in [0.4, 0.5) is 0 Å². The molecule has 0 saturated carbocycles. The molecule has 0 aliphatic rings. The fourth-order valence-electron chi connectivity index (χ4n) is 6.62. The fraction of sp³-hybridized carbons (Fsp3) is 1.00. The summed E-state index contributed by atoms with van der Waals surface area (Å²) < 4.78 is 30.1. The first kappa shape index (κ1) is 40.2. The third kappa shape index (κ3) is 17.8. The normalized spacial score (nSPS) is 14.8. The van der Waals surface area contributed by atoms with Gasteiger partial charge in [-0.25, -0.2) is 0 Å². The van der Waals surface area contributed by atoms with Crippen LogP contribution in [-0.4, -0.2) is 27.8 Å². The number of hydrogen-bond donors (Lipinski definition) is 0. The van der Waals surface area contributed by atoms with Crippen molar-refractivity contribution in [2.24, 2.45) is 35.5 Å². The quantitative estimate of drug-likeness (QED) is 0.136. The molecule has 0 rings (SSSR count). The number of hydrogen-bond acceptors (Lipinski definition) is 4. The molecule has 0 unspecified atom stereocenters. The zero-order valence-corrected chi connectivity index (χ0v) is 34.3. The second kappa shape index (κ2) is 16.3. The van der Waals surface area contributed by atoms with E-state index in [0.29, 0.717) is 35.5 Å². The van der Waals surface area contributed by atoms with Crippen LogP contribution in [0.25, 0.3) is 0 Å². The summed E-state index contributed by atoms with van der Waals surface area (Å²) in [6.45, 7) is 41.2. The predicted octanol–water partition coefficient (Wildman–Crippen LogP) is 11.3. The Hall–Kier alpha value is 1.16. The number of rotatable bonds is 18. The van der Waals surface area contributed by atoms with Crippen molar-refractivity contribution < 1.29 is 32.7 Å². The molecule has 4 nitrogen and oxygen atoms in total. The zero-order chi connectivity index (χ0) is 31.0. The Balaban J connectivity index is 7.48. The van der Waals surface area contributed by atoms with Gasteiger partial charge in [0.05, 0.1) is 0 Å². The summed E-state index contributed by atoms with van der Waals surface area (Å²) in [5.74, 6) is 3.37. The summed E-state index contributed by atoms with van der Waals surface area (Å²) in [6, 6.07) is 6.75. The van der Waals surface area contributed by atoms with E-state index in [0.717, 1.165) is 36.3 Å². The predicted molar refractivity (Wildman–Crippen MR) is 173 cm³/mol. The Labute approximate surface area is 255 Å². The van der Waals surface area contributed by atoms with E-state index in [1.165, 1.54) is 0 Å². The molecule has 0 atom stereocenters. The maximum atomic E-state index is 7.83. The standard InChI is InChI=1S/2C12H27OSi.2C4H9O.Zr/c2*1-10(2)7-14(13,8-11(3)4)9-12(5)6;2*1-4(2,3)5;/h2*10-12H,7-9H2,1-6H3;2*1-3H3;/q4*-1;+4. The molecule has 0 aliphatic carbocycles. The van der Waals surface area contributed by atoms with Crippen LogP contribution in [0, 0.1) is 35.5 Å². The molecular formula is C32H72O4Si2Zr. The van der Waals surface area contributed by atoms with Gasteiger partial charge in [-0.3, -0.25) is 0 Å². The Morgan fingerprint density at radius 2 is 0.590 bits per heavy atom. The summed E-state index contributed by atoms with van der Waals surface area (Å²) in [4.78, 5) is 0. The fourth-order valence-corrected chi connectivity index (χ4v) is 35.9. The molecule has 0 amide bonds. The van der Waals surface area contributed by atoms with Crippen LogP contribution >= 0.6 is 0 Å². The van der Waals surface area contributed by atoms with Gasteiger partial charge in [-0.15, -0.1) is 0 Å². The van der Waals surface area contributed by atoms with Gasteiger partial charge < -0.3 is 0 Å². The topological polar surface area (TPSA) is 36.9 Å². The molecule has 0 fully saturated rings. The Bertz CT molecular complexity index is 568. The molecule has 0 N–H and O–H groups in total. The second-order valence-electron chi connectivity index (χ2n) is 17.1. The van der Waals surface area contributed by atoms with E-state index in [9.17, 15) is 0 Å². The van der Waals surface area contributed by atoms with Crippen molar-refractivity contribution in [3.8, 4) is 0 Å². The van der Waals surface area contributed by atoms with Crippen LogP contribution in [-0.2, 0) is 32.7 Å². The van der Waals surface area contributed by atoms with Gasteiger partial charge in [0.2, 0.25) is 0 Å². The van der Waals surface area contributed by atoms with Gasteiger partial charge in [-0.2, -0.15) is 0 Å².